The summed E-state index contributed by atoms with van der Waals surface area (Å²) in [7, 11) is 0. The van der Waals surface area contributed by atoms with E-state index in [1.54, 1.807) is 0 Å². The first-order chi connectivity index (χ1) is 6.68. The van der Waals surface area contributed by atoms with Crippen LogP contribution in [0.2, 0.25) is 0 Å². The number of benzene rings is 1. The number of fused-ring (bicyclic) bond motifs is 1. The van der Waals surface area contributed by atoms with E-state index in [1.807, 2.05) is 37.4 Å². The number of aromatic nitrogens is 1. The fraction of sp³-hybridized carbons (Fsp3) is 0.0909. The smallest absolute Gasteiger partial charge is 0.104 e. The van der Waals surface area contributed by atoms with Gasteiger partial charge in [0, 0.05) is 22.8 Å². The topological polar surface area (TPSA) is 38.9 Å². The molecule has 0 saturated heterocycles. The molecule has 0 fully saturated rings. The summed E-state index contributed by atoms with van der Waals surface area (Å²) < 4.78 is 0. The van der Waals surface area contributed by atoms with Crippen LogP contribution in [0, 0.1) is 6.92 Å². The van der Waals surface area contributed by atoms with E-state index in [4.69, 9.17) is 18.0 Å². The molecule has 14 heavy (non-hydrogen) atoms. The van der Waals surface area contributed by atoms with Crippen LogP contribution in [-0.2, 0) is 0 Å². The molecule has 0 aliphatic heterocycles. The Morgan fingerprint density at radius 1 is 1.43 bits per heavy atom. The number of hydrogen-bond donors (Lipinski definition) is 1. The minimum Gasteiger partial charge on any atom is -0.389 e. The van der Waals surface area contributed by atoms with Crippen molar-refractivity contribution in [3.05, 3.63) is 41.7 Å². The second-order valence-electron chi connectivity index (χ2n) is 3.22. The predicted molar refractivity (Wildman–Crippen MR) is 62.4 cm³/mol. The lowest BCUT2D eigenvalue weighted by atomic mass is 10.1. The molecule has 0 amide bonds. The maximum atomic E-state index is 5.64. The monoisotopic (exact) mass is 202 g/mol. The number of nitrogens with two attached hydrogens (primary N) is 1. The molecule has 2 nitrogen and oxygen atoms in total. The fourth-order valence-electron chi connectivity index (χ4n) is 1.49. The van der Waals surface area contributed by atoms with E-state index in [0.29, 0.717) is 4.99 Å². The second kappa shape index (κ2) is 3.35. The molecule has 0 bridgehead atoms. The lowest BCUT2D eigenvalue weighted by Crippen LogP contribution is -2.09. The Balaban J connectivity index is 2.84. The van der Waals surface area contributed by atoms with Crippen molar-refractivity contribution in [2.45, 2.75) is 6.92 Å². The van der Waals surface area contributed by atoms with Crippen LogP contribution in [0.5, 0.6) is 0 Å². The third kappa shape index (κ3) is 1.46. The standard InChI is InChI=1S/C11H10N2S/c1-7-5-10-8(6-13-7)3-2-4-9(10)11(12)14/h2-6H,1H3,(H2,12,14). The second-order valence-corrected chi connectivity index (χ2v) is 3.66. The fourth-order valence-corrected chi connectivity index (χ4v) is 1.67. The minimum absolute atomic E-state index is 0.432. The van der Waals surface area contributed by atoms with Gasteiger partial charge < -0.3 is 5.73 Å². The van der Waals surface area contributed by atoms with E-state index < -0.39 is 0 Å². The van der Waals surface area contributed by atoms with Gasteiger partial charge in [0.2, 0.25) is 0 Å². The van der Waals surface area contributed by atoms with Crippen molar-refractivity contribution in [3.63, 3.8) is 0 Å². The van der Waals surface area contributed by atoms with Crippen LogP contribution in [0.25, 0.3) is 10.8 Å². The number of rotatable bonds is 1. The Morgan fingerprint density at radius 3 is 2.93 bits per heavy atom. The summed E-state index contributed by atoms with van der Waals surface area (Å²) in [6.45, 7) is 1.95. The number of nitrogens with zero attached hydrogens (tertiary/aromatic N) is 1. The molecule has 0 atom stereocenters. The molecule has 0 aliphatic carbocycles. The Hall–Kier alpha value is -1.48. The van der Waals surface area contributed by atoms with Gasteiger partial charge in [-0.2, -0.15) is 0 Å². The number of hydrogen-bond acceptors (Lipinski definition) is 2. The zero-order valence-electron chi connectivity index (χ0n) is 7.82. The van der Waals surface area contributed by atoms with E-state index in [9.17, 15) is 0 Å². The van der Waals surface area contributed by atoms with E-state index in [0.717, 1.165) is 22.0 Å². The predicted octanol–water partition coefficient (Wildman–Crippen LogP) is 2.18. The van der Waals surface area contributed by atoms with Crippen LogP contribution in [-0.4, -0.2) is 9.97 Å². The maximum absolute atomic E-state index is 5.64. The van der Waals surface area contributed by atoms with Gasteiger partial charge in [-0.3, -0.25) is 4.98 Å². The quantitative estimate of drug-likeness (QED) is 0.720. The number of aryl methyl sites for hydroxylation is 1. The molecular weight excluding hydrogens is 192 g/mol. The van der Waals surface area contributed by atoms with Crippen molar-refractivity contribution in [2.75, 3.05) is 0 Å². The Bertz CT molecular complexity index is 506. The van der Waals surface area contributed by atoms with Gasteiger partial charge in [0.25, 0.3) is 0 Å². The van der Waals surface area contributed by atoms with Gasteiger partial charge in [0.15, 0.2) is 0 Å². The molecule has 2 aromatic rings. The Morgan fingerprint density at radius 2 is 2.21 bits per heavy atom. The summed E-state index contributed by atoms with van der Waals surface area (Å²) in [5.41, 5.74) is 7.53. The van der Waals surface area contributed by atoms with Crippen molar-refractivity contribution >= 4 is 28.0 Å². The molecule has 1 aromatic heterocycles. The van der Waals surface area contributed by atoms with Gasteiger partial charge in [-0.1, -0.05) is 30.4 Å². The van der Waals surface area contributed by atoms with E-state index in [1.165, 1.54) is 0 Å². The van der Waals surface area contributed by atoms with Crippen molar-refractivity contribution in [3.8, 4) is 0 Å². The molecule has 2 N–H and O–H groups in total. The molecular formula is C11H10N2S. The third-order valence-electron chi connectivity index (χ3n) is 2.17. The van der Waals surface area contributed by atoms with Crippen LogP contribution in [0.3, 0.4) is 0 Å². The molecule has 0 aliphatic rings. The highest BCUT2D eigenvalue weighted by Crippen LogP contribution is 2.18. The normalized spacial score (nSPS) is 10.4. The molecule has 1 heterocycles. The summed E-state index contributed by atoms with van der Waals surface area (Å²) in [5.74, 6) is 0. The average molecular weight is 202 g/mol. The van der Waals surface area contributed by atoms with Crippen LogP contribution >= 0.6 is 12.2 Å². The van der Waals surface area contributed by atoms with Crippen molar-refractivity contribution in [1.82, 2.24) is 4.98 Å². The largest absolute Gasteiger partial charge is 0.389 e. The summed E-state index contributed by atoms with van der Waals surface area (Å²) in [5, 5.41) is 2.15. The summed E-state index contributed by atoms with van der Waals surface area (Å²) >= 11 is 4.99. The van der Waals surface area contributed by atoms with E-state index in [-0.39, 0.29) is 0 Å². The van der Waals surface area contributed by atoms with Crippen molar-refractivity contribution in [1.29, 1.82) is 0 Å². The Kier molecular flexibility index (Phi) is 2.17. The van der Waals surface area contributed by atoms with Gasteiger partial charge >= 0.3 is 0 Å². The summed E-state index contributed by atoms with van der Waals surface area (Å²) in [6, 6.07) is 7.88. The van der Waals surface area contributed by atoms with Crippen LogP contribution in [0.1, 0.15) is 11.3 Å². The first kappa shape index (κ1) is 9.09. The molecule has 0 unspecified atom stereocenters. The third-order valence-corrected chi connectivity index (χ3v) is 2.39. The Labute approximate surface area is 87.8 Å². The van der Waals surface area contributed by atoms with E-state index in [2.05, 4.69) is 4.98 Å². The highest BCUT2D eigenvalue weighted by Gasteiger charge is 2.03. The lowest BCUT2D eigenvalue weighted by molar-refractivity contribution is 1.22. The molecule has 0 saturated carbocycles. The zero-order chi connectivity index (χ0) is 10.1. The van der Waals surface area contributed by atoms with Crippen molar-refractivity contribution < 1.29 is 0 Å². The minimum atomic E-state index is 0.432. The molecule has 1 aromatic carbocycles. The van der Waals surface area contributed by atoms with Crippen LogP contribution < -0.4 is 5.73 Å². The first-order valence-electron chi connectivity index (χ1n) is 4.33. The SMILES string of the molecule is Cc1cc2c(C(N)=S)cccc2cn1. The van der Waals surface area contributed by atoms with Gasteiger partial charge in [0.05, 0.1) is 0 Å². The molecule has 2 rings (SSSR count). The highest BCUT2D eigenvalue weighted by atomic mass is 32.1. The molecule has 70 valence electrons. The number of thiocarbonyl (C=S) groups is 1. The summed E-state index contributed by atoms with van der Waals surface area (Å²) in [6.07, 6.45) is 1.84. The lowest BCUT2D eigenvalue weighted by Gasteiger charge is -2.04. The van der Waals surface area contributed by atoms with E-state index >= 15 is 0 Å². The molecule has 3 heteroatoms. The van der Waals surface area contributed by atoms with Crippen molar-refractivity contribution in [2.24, 2.45) is 5.73 Å². The van der Waals surface area contributed by atoms with Crippen LogP contribution in [0.4, 0.5) is 0 Å². The molecule has 0 spiro atoms. The number of pyridine rings is 1. The van der Waals surface area contributed by atoms with Gasteiger partial charge in [-0.05, 0) is 18.4 Å². The maximum Gasteiger partial charge on any atom is 0.104 e. The zero-order valence-corrected chi connectivity index (χ0v) is 8.64. The van der Waals surface area contributed by atoms with Gasteiger partial charge in [-0.15, -0.1) is 0 Å². The van der Waals surface area contributed by atoms with Gasteiger partial charge in [0.1, 0.15) is 4.99 Å². The van der Waals surface area contributed by atoms with Crippen LogP contribution in [0.15, 0.2) is 30.5 Å². The summed E-state index contributed by atoms with van der Waals surface area (Å²) in [4.78, 5) is 4.66. The average Bonchev–Trinajstić information content (AvgIpc) is 2.16. The highest BCUT2D eigenvalue weighted by molar-refractivity contribution is 7.80. The first-order valence-corrected chi connectivity index (χ1v) is 4.74. The molecule has 0 radical (unpaired) electrons. The van der Waals surface area contributed by atoms with Gasteiger partial charge in [-0.25, -0.2) is 0 Å².